The summed E-state index contributed by atoms with van der Waals surface area (Å²) in [7, 11) is 0. The van der Waals surface area contributed by atoms with E-state index in [1.807, 2.05) is 0 Å². The molecule has 0 spiro atoms. The molecule has 0 radical (unpaired) electrons. The van der Waals surface area contributed by atoms with Gasteiger partial charge in [0.05, 0.1) is 12.1 Å². The summed E-state index contributed by atoms with van der Waals surface area (Å²) in [6.07, 6.45) is -3.82. The van der Waals surface area contributed by atoms with Crippen LogP contribution in [0.3, 0.4) is 0 Å². The first-order valence-electron chi connectivity index (χ1n) is 3.91. The lowest BCUT2D eigenvalue weighted by molar-refractivity contribution is -0.127. The number of H-pyrrole nitrogens is 1. The van der Waals surface area contributed by atoms with E-state index in [0.717, 1.165) is 0 Å². The van der Waals surface area contributed by atoms with Crippen LogP contribution in [-0.4, -0.2) is 21.4 Å². The SMILES string of the molecule is FC(F)(F)Cc1[nH]nc2cccnc12. The Morgan fingerprint density at radius 1 is 1.36 bits per heavy atom. The van der Waals surface area contributed by atoms with Crippen molar-refractivity contribution in [1.29, 1.82) is 0 Å². The molecule has 74 valence electrons. The molecule has 0 unspecified atom stereocenters. The van der Waals surface area contributed by atoms with Crippen molar-refractivity contribution >= 4 is 11.0 Å². The Kier molecular flexibility index (Phi) is 1.90. The van der Waals surface area contributed by atoms with Crippen molar-refractivity contribution in [3.05, 3.63) is 24.0 Å². The number of aromatic amines is 1. The zero-order chi connectivity index (χ0) is 10.2. The van der Waals surface area contributed by atoms with E-state index >= 15 is 0 Å². The largest absolute Gasteiger partial charge is 0.394 e. The molecule has 1 N–H and O–H groups in total. The van der Waals surface area contributed by atoms with E-state index in [1.165, 1.54) is 6.20 Å². The normalized spacial score (nSPS) is 12.2. The molecular weight excluding hydrogens is 195 g/mol. The highest BCUT2D eigenvalue weighted by Crippen LogP contribution is 2.23. The maximum absolute atomic E-state index is 12.1. The minimum Gasteiger partial charge on any atom is -0.279 e. The number of halogens is 3. The molecule has 14 heavy (non-hydrogen) atoms. The fourth-order valence-electron chi connectivity index (χ4n) is 1.22. The van der Waals surface area contributed by atoms with Gasteiger partial charge in [-0.25, -0.2) is 0 Å². The molecule has 0 fully saturated rings. The maximum atomic E-state index is 12.1. The number of nitrogens with zero attached hydrogens (tertiary/aromatic N) is 2. The summed E-state index contributed by atoms with van der Waals surface area (Å²) in [5, 5.41) is 6.05. The van der Waals surface area contributed by atoms with E-state index in [1.54, 1.807) is 12.1 Å². The second-order valence-electron chi connectivity index (χ2n) is 2.87. The molecule has 6 heteroatoms. The van der Waals surface area contributed by atoms with E-state index in [2.05, 4.69) is 15.2 Å². The fraction of sp³-hybridized carbons (Fsp3) is 0.250. The second-order valence-corrected chi connectivity index (χ2v) is 2.87. The van der Waals surface area contributed by atoms with Crippen molar-refractivity contribution in [2.24, 2.45) is 0 Å². The summed E-state index contributed by atoms with van der Waals surface area (Å²) in [6, 6.07) is 3.24. The number of rotatable bonds is 1. The molecule has 0 atom stereocenters. The van der Waals surface area contributed by atoms with Crippen molar-refractivity contribution in [3.8, 4) is 0 Å². The molecule has 0 saturated carbocycles. The summed E-state index contributed by atoms with van der Waals surface area (Å²) >= 11 is 0. The third-order valence-electron chi connectivity index (χ3n) is 1.76. The van der Waals surface area contributed by atoms with Gasteiger partial charge in [0.15, 0.2) is 0 Å². The molecular formula is C8H6F3N3. The highest BCUT2D eigenvalue weighted by atomic mass is 19.4. The van der Waals surface area contributed by atoms with Gasteiger partial charge in [0.2, 0.25) is 0 Å². The molecule has 0 aliphatic heterocycles. The minimum absolute atomic E-state index is 0.00750. The molecule has 0 aliphatic rings. The van der Waals surface area contributed by atoms with Gasteiger partial charge in [-0.05, 0) is 12.1 Å². The van der Waals surface area contributed by atoms with E-state index in [4.69, 9.17) is 0 Å². The van der Waals surface area contributed by atoms with E-state index < -0.39 is 12.6 Å². The first-order valence-corrected chi connectivity index (χ1v) is 3.91. The van der Waals surface area contributed by atoms with Crippen LogP contribution in [-0.2, 0) is 6.42 Å². The van der Waals surface area contributed by atoms with Gasteiger partial charge in [-0.1, -0.05) is 0 Å². The molecule has 2 aromatic heterocycles. The summed E-state index contributed by atoms with van der Waals surface area (Å²) in [5.74, 6) is 0. The molecule has 2 heterocycles. The molecule has 0 bridgehead atoms. The van der Waals surface area contributed by atoms with Crippen molar-refractivity contribution in [1.82, 2.24) is 15.2 Å². The predicted octanol–water partition coefficient (Wildman–Crippen LogP) is 2.06. The highest BCUT2D eigenvalue weighted by Gasteiger charge is 2.29. The fourth-order valence-corrected chi connectivity index (χ4v) is 1.22. The summed E-state index contributed by atoms with van der Waals surface area (Å²) in [5.41, 5.74) is 0.740. The Morgan fingerprint density at radius 3 is 2.86 bits per heavy atom. The van der Waals surface area contributed by atoms with Gasteiger partial charge in [-0.3, -0.25) is 10.1 Å². The molecule has 0 aromatic carbocycles. The van der Waals surface area contributed by atoms with Gasteiger partial charge < -0.3 is 0 Å². The minimum atomic E-state index is -4.24. The molecule has 3 nitrogen and oxygen atoms in total. The predicted molar refractivity (Wildman–Crippen MR) is 43.6 cm³/mol. The topological polar surface area (TPSA) is 41.6 Å². The average molecular weight is 201 g/mol. The van der Waals surface area contributed by atoms with Crippen LogP contribution in [0.5, 0.6) is 0 Å². The first kappa shape index (κ1) is 8.98. The summed E-state index contributed by atoms with van der Waals surface area (Å²) in [6.45, 7) is 0. The van der Waals surface area contributed by atoms with E-state index in [-0.39, 0.29) is 11.2 Å². The van der Waals surface area contributed by atoms with E-state index in [0.29, 0.717) is 5.52 Å². The molecule has 2 aromatic rings. The average Bonchev–Trinajstić information content (AvgIpc) is 2.47. The first-order chi connectivity index (χ1) is 6.56. The standard InChI is InChI=1S/C8H6F3N3/c9-8(10,11)4-6-7-5(13-14-6)2-1-3-12-7/h1-3H,4H2,(H,13,14). The zero-order valence-electron chi connectivity index (χ0n) is 6.97. The molecule has 0 amide bonds. The number of nitrogens with one attached hydrogen (secondary N) is 1. The van der Waals surface area contributed by atoms with Gasteiger partial charge in [0.25, 0.3) is 0 Å². The van der Waals surface area contributed by atoms with Crippen molar-refractivity contribution in [2.45, 2.75) is 12.6 Å². The van der Waals surface area contributed by atoms with Gasteiger partial charge in [0.1, 0.15) is 11.0 Å². The highest BCUT2D eigenvalue weighted by molar-refractivity contribution is 5.76. The number of fused-ring (bicyclic) bond motifs is 1. The molecule has 0 aliphatic carbocycles. The lowest BCUT2D eigenvalue weighted by atomic mass is 10.2. The van der Waals surface area contributed by atoms with Crippen LogP contribution in [0.25, 0.3) is 11.0 Å². The zero-order valence-corrected chi connectivity index (χ0v) is 6.97. The molecule has 2 rings (SSSR count). The van der Waals surface area contributed by atoms with Crippen LogP contribution < -0.4 is 0 Å². The third kappa shape index (κ3) is 1.68. The molecule has 0 saturated heterocycles. The monoisotopic (exact) mass is 201 g/mol. The second kappa shape index (κ2) is 2.97. The van der Waals surface area contributed by atoms with Gasteiger partial charge in [-0.15, -0.1) is 0 Å². The Bertz CT molecular complexity index is 446. The van der Waals surface area contributed by atoms with Crippen LogP contribution in [0.1, 0.15) is 5.69 Å². The lowest BCUT2D eigenvalue weighted by Gasteiger charge is -2.02. The van der Waals surface area contributed by atoms with Gasteiger partial charge in [-0.2, -0.15) is 18.3 Å². The van der Waals surface area contributed by atoms with Gasteiger partial charge >= 0.3 is 6.18 Å². The number of hydrogen-bond acceptors (Lipinski definition) is 2. The third-order valence-corrected chi connectivity index (χ3v) is 1.76. The van der Waals surface area contributed by atoms with Crippen LogP contribution in [0.15, 0.2) is 18.3 Å². The van der Waals surface area contributed by atoms with Gasteiger partial charge in [0, 0.05) is 6.20 Å². The number of hydrogen-bond donors (Lipinski definition) is 1. The summed E-state index contributed by atoms with van der Waals surface area (Å²) < 4.78 is 36.2. The Morgan fingerprint density at radius 2 is 2.14 bits per heavy atom. The number of alkyl halides is 3. The van der Waals surface area contributed by atoms with Crippen molar-refractivity contribution in [2.75, 3.05) is 0 Å². The van der Waals surface area contributed by atoms with Crippen molar-refractivity contribution in [3.63, 3.8) is 0 Å². The van der Waals surface area contributed by atoms with Crippen LogP contribution in [0, 0.1) is 0 Å². The lowest BCUT2D eigenvalue weighted by Crippen LogP contribution is -2.12. The van der Waals surface area contributed by atoms with E-state index in [9.17, 15) is 13.2 Å². The van der Waals surface area contributed by atoms with Crippen LogP contribution in [0.2, 0.25) is 0 Å². The summed E-state index contributed by atoms with van der Waals surface area (Å²) in [4.78, 5) is 3.83. The number of pyridine rings is 1. The smallest absolute Gasteiger partial charge is 0.279 e. The van der Waals surface area contributed by atoms with Crippen LogP contribution in [0.4, 0.5) is 13.2 Å². The van der Waals surface area contributed by atoms with Crippen LogP contribution >= 0.6 is 0 Å². The van der Waals surface area contributed by atoms with Crippen molar-refractivity contribution < 1.29 is 13.2 Å². The Hall–Kier alpha value is -1.59. The Balaban J connectivity index is 2.44. The Labute approximate surface area is 77.0 Å². The number of aromatic nitrogens is 3. The maximum Gasteiger partial charge on any atom is 0.394 e. The quantitative estimate of drug-likeness (QED) is 0.767.